The van der Waals surface area contributed by atoms with Gasteiger partial charge in [0.1, 0.15) is 5.78 Å². The van der Waals surface area contributed by atoms with E-state index in [4.69, 9.17) is 0 Å². The van der Waals surface area contributed by atoms with Crippen LogP contribution in [0.25, 0.3) is 0 Å². The Morgan fingerprint density at radius 1 is 0.960 bits per heavy atom. The van der Waals surface area contributed by atoms with Crippen LogP contribution < -0.4 is 5.32 Å². The van der Waals surface area contributed by atoms with Crippen molar-refractivity contribution in [1.82, 2.24) is 0 Å². The zero-order valence-electron chi connectivity index (χ0n) is 13.7. The van der Waals surface area contributed by atoms with Crippen LogP contribution in [-0.4, -0.2) is 5.78 Å². The van der Waals surface area contributed by atoms with Crippen LogP contribution in [0.5, 0.6) is 0 Å². The fraction of sp³-hybridized carbons (Fsp3) is 0.350. The van der Waals surface area contributed by atoms with Crippen molar-refractivity contribution in [3.63, 3.8) is 0 Å². The van der Waals surface area contributed by atoms with Crippen LogP contribution in [0, 0.1) is 5.92 Å². The number of Topliss-reactive ketones (excluding diaryl/α,β-unsaturated/α-hetero) is 1. The fourth-order valence-corrected chi connectivity index (χ4v) is 3.37. The standard InChI is InChI=1S/C20H20F3NO/c21-20(22,23)15-12-10-14(11-13-15)19(17-8-4-5-9-18(17)25)24-16-6-2-1-3-7-16/h1-3,6-7,10-13,17,19,24H,4-5,8-9H2. The number of para-hydroxylation sites is 1. The molecule has 3 rings (SSSR count). The quantitative estimate of drug-likeness (QED) is 0.778. The lowest BCUT2D eigenvalue weighted by Crippen LogP contribution is -2.30. The van der Waals surface area contributed by atoms with E-state index in [1.54, 1.807) is 0 Å². The van der Waals surface area contributed by atoms with Crippen molar-refractivity contribution in [1.29, 1.82) is 0 Å². The van der Waals surface area contributed by atoms with Gasteiger partial charge in [-0.15, -0.1) is 0 Å². The summed E-state index contributed by atoms with van der Waals surface area (Å²) in [7, 11) is 0. The molecule has 0 heterocycles. The van der Waals surface area contributed by atoms with E-state index in [0.29, 0.717) is 12.0 Å². The van der Waals surface area contributed by atoms with Crippen molar-refractivity contribution < 1.29 is 18.0 Å². The summed E-state index contributed by atoms with van der Waals surface area (Å²) in [5, 5.41) is 3.35. The number of hydrogen-bond acceptors (Lipinski definition) is 2. The number of alkyl halides is 3. The fourth-order valence-electron chi connectivity index (χ4n) is 3.37. The van der Waals surface area contributed by atoms with Gasteiger partial charge in [-0.2, -0.15) is 13.2 Å². The number of rotatable bonds is 4. The molecular weight excluding hydrogens is 327 g/mol. The van der Waals surface area contributed by atoms with Gasteiger partial charge in [-0.1, -0.05) is 36.8 Å². The molecule has 0 amide bonds. The summed E-state index contributed by atoms with van der Waals surface area (Å²) in [6.07, 6.45) is -1.21. The molecule has 2 aromatic carbocycles. The SMILES string of the molecule is O=C1CCCCC1C(Nc1ccccc1)c1ccc(C(F)(F)F)cc1. The summed E-state index contributed by atoms with van der Waals surface area (Å²) in [4.78, 5) is 12.4. The predicted octanol–water partition coefficient (Wildman–Crippen LogP) is 5.62. The average Bonchev–Trinajstić information content (AvgIpc) is 2.61. The number of nitrogens with one attached hydrogen (secondary N) is 1. The lowest BCUT2D eigenvalue weighted by Gasteiger charge is -2.31. The maximum Gasteiger partial charge on any atom is 0.416 e. The summed E-state index contributed by atoms with van der Waals surface area (Å²) in [6, 6.07) is 14.3. The zero-order valence-corrected chi connectivity index (χ0v) is 13.7. The molecule has 132 valence electrons. The minimum absolute atomic E-state index is 0.180. The van der Waals surface area contributed by atoms with Crippen molar-refractivity contribution in [3.05, 3.63) is 65.7 Å². The molecule has 1 aliphatic rings. The van der Waals surface area contributed by atoms with E-state index < -0.39 is 11.7 Å². The second kappa shape index (κ2) is 7.30. The first-order valence-corrected chi connectivity index (χ1v) is 8.46. The first kappa shape index (κ1) is 17.5. The van der Waals surface area contributed by atoms with Gasteiger partial charge in [-0.05, 0) is 42.7 Å². The monoisotopic (exact) mass is 347 g/mol. The average molecular weight is 347 g/mol. The van der Waals surface area contributed by atoms with Gasteiger partial charge >= 0.3 is 6.18 Å². The van der Waals surface area contributed by atoms with Crippen molar-refractivity contribution in [2.24, 2.45) is 5.92 Å². The molecular formula is C20H20F3NO. The highest BCUT2D eigenvalue weighted by Crippen LogP contribution is 2.36. The molecule has 0 spiro atoms. The highest BCUT2D eigenvalue weighted by atomic mass is 19.4. The highest BCUT2D eigenvalue weighted by Gasteiger charge is 2.33. The number of hydrogen-bond donors (Lipinski definition) is 1. The number of anilines is 1. The molecule has 5 heteroatoms. The lowest BCUT2D eigenvalue weighted by molar-refractivity contribution is -0.137. The van der Waals surface area contributed by atoms with Crippen LogP contribution in [0.1, 0.15) is 42.9 Å². The number of ketones is 1. The van der Waals surface area contributed by atoms with Gasteiger partial charge in [-0.25, -0.2) is 0 Å². The summed E-state index contributed by atoms with van der Waals surface area (Å²) < 4.78 is 38.4. The zero-order chi connectivity index (χ0) is 17.9. The molecule has 2 nitrogen and oxygen atoms in total. The van der Waals surface area contributed by atoms with Crippen molar-refractivity contribution in [2.75, 3.05) is 5.32 Å². The van der Waals surface area contributed by atoms with E-state index in [1.165, 1.54) is 12.1 Å². The molecule has 1 saturated carbocycles. The van der Waals surface area contributed by atoms with Gasteiger partial charge in [0.15, 0.2) is 0 Å². The Bertz CT molecular complexity index is 710. The molecule has 0 aliphatic heterocycles. The Balaban J connectivity index is 1.91. The van der Waals surface area contributed by atoms with E-state index >= 15 is 0 Å². The van der Waals surface area contributed by atoms with Gasteiger partial charge in [-0.3, -0.25) is 4.79 Å². The van der Waals surface area contributed by atoms with Crippen LogP contribution in [0.15, 0.2) is 54.6 Å². The van der Waals surface area contributed by atoms with Crippen molar-refractivity contribution in [2.45, 2.75) is 37.9 Å². The van der Waals surface area contributed by atoms with Crippen LogP contribution in [0.4, 0.5) is 18.9 Å². The van der Waals surface area contributed by atoms with Gasteiger partial charge in [0.2, 0.25) is 0 Å². The Hall–Kier alpha value is -2.30. The van der Waals surface area contributed by atoms with Gasteiger partial charge in [0, 0.05) is 18.0 Å². The lowest BCUT2D eigenvalue weighted by atomic mass is 9.80. The van der Waals surface area contributed by atoms with Gasteiger partial charge < -0.3 is 5.32 Å². The second-order valence-corrected chi connectivity index (χ2v) is 6.43. The van der Waals surface area contributed by atoms with Gasteiger partial charge in [0.05, 0.1) is 11.6 Å². The Morgan fingerprint density at radius 3 is 2.24 bits per heavy atom. The molecule has 2 aromatic rings. The van der Waals surface area contributed by atoms with E-state index in [0.717, 1.165) is 37.1 Å². The van der Waals surface area contributed by atoms with Crippen LogP contribution in [0.3, 0.4) is 0 Å². The van der Waals surface area contributed by atoms with Crippen molar-refractivity contribution >= 4 is 11.5 Å². The summed E-state index contributed by atoms with van der Waals surface area (Å²) in [5.41, 5.74) is 0.882. The maximum absolute atomic E-state index is 12.8. The molecule has 1 aliphatic carbocycles. The Labute approximate surface area is 145 Å². The third-order valence-corrected chi connectivity index (χ3v) is 4.70. The minimum Gasteiger partial charge on any atom is -0.378 e. The molecule has 0 aromatic heterocycles. The van der Waals surface area contributed by atoms with Crippen molar-refractivity contribution in [3.8, 4) is 0 Å². The number of benzene rings is 2. The summed E-state index contributed by atoms with van der Waals surface area (Å²) >= 11 is 0. The minimum atomic E-state index is -4.36. The van der Waals surface area contributed by atoms with Crippen LogP contribution in [-0.2, 0) is 11.0 Å². The third-order valence-electron chi connectivity index (χ3n) is 4.70. The van der Waals surface area contributed by atoms with E-state index in [1.807, 2.05) is 30.3 Å². The first-order chi connectivity index (χ1) is 11.9. The molecule has 0 saturated heterocycles. The van der Waals surface area contributed by atoms with E-state index in [2.05, 4.69) is 5.32 Å². The van der Waals surface area contributed by atoms with Crippen LogP contribution in [0.2, 0.25) is 0 Å². The Morgan fingerprint density at radius 2 is 1.64 bits per heavy atom. The number of halogens is 3. The molecule has 25 heavy (non-hydrogen) atoms. The molecule has 2 atom stereocenters. The topological polar surface area (TPSA) is 29.1 Å². The molecule has 1 fully saturated rings. The van der Waals surface area contributed by atoms with Crippen LogP contribution >= 0.6 is 0 Å². The first-order valence-electron chi connectivity index (χ1n) is 8.46. The second-order valence-electron chi connectivity index (χ2n) is 6.43. The van der Waals surface area contributed by atoms with Gasteiger partial charge in [0.25, 0.3) is 0 Å². The molecule has 1 N–H and O–H groups in total. The smallest absolute Gasteiger partial charge is 0.378 e. The number of carbonyl (C=O) groups excluding carboxylic acids is 1. The molecule has 0 radical (unpaired) electrons. The largest absolute Gasteiger partial charge is 0.416 e. The molecule has 0 bridgehead atoms. The normalized spacial score (nSPS) is 19.5. The summed E-state index contributed by atoms with van der Waals surface area (Å²) in [5.74, 6) is -0.0368. The predicted molar refractivity (Wildman–Crippen MR) is 91.2 cm³/mol. The Kier molecular flexibility index (Phi) is 5.11. The maximum atomic E-state index is 12.8. The third kappa shape index (κ3) is 4.21. The van der Waals surface area contributed by atoms with E-state index in [-0.39, 0.29) is 17.7 Å². The highest BCUT2D eigenvalue weighted by molar-refractivity contribution is 5.83. The van der Waals surface area contributed by atoms with E-state index in [9.17, 15) is 18.0 Å². The summed E-state index contributed by atoms with van der Waals surface area (Å²) in [6.45, 7) is 0. The molecule has 2 unspecified atom stereocenters. The number of carbonyl (C=O) groups is 1.